The van der Waals surface area contributed by atoms with Crippen LogP contribution >= 0.6 is 0 Å². The van der Waals surface area contributed by atoms with Crippen molar-refractivity contribution in [2.24, 2.45) is 23.5 Å². The molecule has 5 atom stereocenters. The highest BCUT2D eigenvalue weighted by Gasteiger charge is 2.79. The van der Waals surface area contributed by atoms with Gasteiger partial charge in [0.15, 0.2) is 15.4 Å². The van der Waals surface area contributed by atoms with E-state index in [0.29, 0.717) is 6.42 Å². The predicted molar refractivity (Wildman–Crippen MR) is 78.1 cm³/mol. The maximum Gasteiger partial charge on any atom is 0.330 e. The van der Waals surface area contributed by atoms with E-state index in [2.05, 4.69) is 5.32 Å². The lowest BCUT2D eigenvalue weighted by Crippen LogP contribution is -2.62. The van der Waals surface area contributed by atoms with Gasteiger partial charge in [-0.2, -0.15) is 0 Å². The van der Waals surface area contributed by atoms with Crippen molar-refractivity contribution in [2.75, 3.05) is 5.75 Å². The maximum absolute atomic E-state index is 12.2. The molecule has 2 rings (SSSR count). The lowest BCUT2D eigenvalue weighted by atomic mass is 9.92. The van der Waals surface area contributed by atoms with Crippen LogP contribution in [-0.4, -0.2) is 59.1 Å². The van der Waals surface area contributed by atoms with E-state index in [0.717, 1.165) is 0 Å². The minimum Gasteiger partial charge on any atom is -0.481 e. The van der Waals surface area contributed by atoms with Crippen LogP contribution in [0.4, 0.5) is 0 Å². The molecular weight excluding hydrogens is 328 g/mol. The molecule has 0 unspecified atom stereocenters. The summed E-state index contributed by atoms with van der Waals surface area (Å²) in [5, 5.41) is 19.5. The van der Waals surface area contributed by atoms with Gasteiger partial charge in [-0.1, -0.05) is 13.8 Å². The number of carboxylic acids is 2. The number of fused-ring (bicyclic) bond motifs is 1. The van der Waals surface area contributed by atoms with Crippen molar-refractivity contribution in [2.45, 2.75) is 37.1 Å². The molecule has 0 bridgehead atoms. The van der Waals surface area contributed by atoms with Crippen LogP contribution < -0.4 is 11.1 Å². The number of rotatable bonds is 6. The Balaban J connectivity index is 2.30. The number of amides is 1. The third-order valence-electron chi connectivity index (χ3n) is 4.44. The van der Waals surface area contributed by atoms with Crippen LogP contribution in [0.2, 0.25) is 0 Å². The third kappa shape index (κ3) is 2.80. The fourth-order valence-corrected chi connectivity index (χ4v) is 6.13. The van der Waals surface area contributed by atoms with E-state index in [1.807, 2.05) is 13.8 Å². The van der Waals surface area contributed by atoms with Gasteiger partial charge in [0.1, 0.15) is 0 Å². The van der Waals surface area contributed by atoms with Gasteiger partial charge in [0, 0.05) is 5.92 Å². The first-order chi connectivity index (χ1) is 10.4. The van der Waals surface area contributed by atoms with Gasteiger partial charge in [-0.15, -0.1) is 0 Å². The van der Waals surface area contributed by atoms with Crippen molar-refractivity contribution in [3.63, 3.8) is 0 Å². The Morgan fingerprint density at radius 3 is 2.26 bits per heavy atom. The summed E-state index contributed by atoms with van der Waals surface area (Å²) in [6, 6.07) is -0.991. The summed E-state index contributed by atoms with van der Waals surface area (Å²) in [5.74, 6) is -6.92. The molecule has 0 spiro atoms. The van der Waals surface area contributed by atoms with Gasteiger partial charge in [0.2, 0.25) is 5.91 Å². The number of carbonyl (C=O) groups excluding carboxylic acids is 1. The smallest absolute Gasteiger partial charge is 0.330 e. The van der Waals surface area contributed by atoms with Crippen molar-refractivity contribution in [1.82, 2.24) is 5.32 Å². The standard InChI is InChI=1S/C13H20N2O7S/c1-5(2)3-6(14)10(16)15-13(12(19)20)4-23(21,22)9-7(8(9)13)11(17)18/h5-9H,3-4,14H2,1-2H3,(H,15,16)(H,17,18)(H,19,20)/t6-,7+,8+,9-,13-/m0/s1. The number of carboxylic acid groups (broad SMARTS) is 2. The van der Waals surface area contributed by atoms with Gasteiger partial charge in [-0.25, -0.2) is 13.2 Å². The molecule has 0 aromatic carbocycles. The number of sulfone groups is 1. The number of aliphatic carboxylic acids is 2. The molecule has 10 heteroatoms. The zero-order valence-corrected chi connectivity index (χ0v) is 13.5. The molecule has 5 N–H and O–H groups in total. The first-order valence-corrected chi connectivity index (χ1v) is 8.91. The maximum atomic E-state index is 12.2. The van der Waals surface area contributed by atoms with E-state index in [1.165, 1.54) is 0 Å². The second kappa shape index (κ2) is 5.45. The van der Waals surface area contributed by atoms with Gasteiger partial charge in [0.05, 0.1) is 23.0 Å². The average molecular weight is 348 g/mol. The first-order valence-electron chi connectivity index (χ1n) is 7.19. The van der Waals surface area contributed by atoms with Crippen LogP contribution in [0.1, 0.15) is 20.3 Å². The zero-order chi connectivity index (χ0) is 17.7. The molecule has 1 aliphatic carbocycles. The third-order valence-corrected chi connectivity index (χ3v) is 6.72. The van der Waals surface area contributed by atoms with Crippen molar-refractivity contribution in [1.29, 1.82) is 0 Å². The molecule has 1 saturated heterocycles. The van der Waals surface area contributed by atoms with E-state index in [4.69, 9.17) is 10.8 Å². The molecule has 0 aromatic heterocycles. The number of carbonyl (C=O) groups is 3. The lowest BCUT2D eigenvalue weighted by Gasteiger charge is -2.29. The molecule has 1 amide bonds. The van der Waals surface area contributed by atoms with Crippen LogP contribution in [0, 0.1) is 17.8 Å². The summed E-state index contributed by atoms with van der Waals surface area (Å²) in [4.78, 5) is 35.0. The molecule has 23 heavy (non-hydrogen) atoms. The summed E-state index contributed by atoms with van der Waals surface area (Å²) in [7, 11) is -3.91. The van der Waals surface area contributed by atoms with E-state index in [9.17, 15) is 27.9 Å². The summed E-state index contributed by atoms with van der Waals surface area (Å²) in [6.45, 7) is 3.66. The van der Waals surface area contributed by atoms with E-state index in [-0.39, 0.29) is 5.92 Å². The number of hydrogen-bond donors (Lipinski definition) is 4. The minimum atomic E-state index is -3.91. The summed E-state index contributed by atoms with van der Waals surface area (Å²) in [5.41, 5.74) is 3.58. The summed E-state index contributed by atoms with van der Waals surface area (Å²) >= 11 is 0. The Morgan fingerprint density at radius 2 is 1.87 bits per heavy atom. The second-order valence-electron chi connectivity index (χ2n) is 6.66. The topological polar surface area (TPSA) is 164 Å². The van der Waals surface area contributed by atoms with Gasteiger partial charge in [-0.3, -0.25) is 9.59 Å². The Kier molecular flexibility index (Phi) is 4.18. The minimum absolute atomic E-state index is 0.0873. The van der Waals surface area contributed by atoms with Crippen LogP contribution in [-0.2, 0) is 24.2 Å². The number of nitrogens with two attached hydrogens (primary N) is 1. The molecule has 0 radical (unpaired) electrons. The Labute approximate surface area is 133 Å². The van der Waals surface area contributed by atoms with Crippen molar-refractivity contribution < 1.29 is 33.0 Å². The molecule has 1 heterocycles. The molecule has 2 fully saturated rings. The molecule has 9 nitrogen and oxygen atoms in total. The molecule has 1 saturated carbocycles. The molecule has 2 aliphatic rings. The molecule has 0 aromatic rings. The highest BCUT2D eigenvalue weighted by atomic mass is 32.2. The fraction of sp³-hybridized carbons (Fsp3) is 0.769. The molecule has 130 valence electrons. The Hall–Kier alpha value is -1.68. The monoisotopic (exact) mass is 348 g/mol. The van der Waals surface area contributed by atoms with Crippen molar-refractivity contribution in [3.05, 3.63) is 0 Å². The number of nitrogens with one attached hydrogen (secondary N) is 1. The van der Waals surface area contributed by atoms with Gasteiger partial charge >= 0.3 is 11.9 Å². The van der Waals surface area contributed by atoms with Crippen LogP contribution in [0.5, 0.6) is 0 Å². The summed E-state index contributed by atoms with van der Waals surface area (Å²) < 4.78 is 24.1. The average Bonchev–Trinajstić information content (AvgIpc) is 3.08. The predicted octanol–water partition coefficient (Wildman–Crippen LogP) is -1.57. The van der Waals surface area contributed by atoms with Gasteiger partial charge in [-0.05, 0) is 12.3 Å². The molecule has 1 aliphatic heterocycles. The van der Waals surface area contributed by atoms with E-state index in [1.54, 1.807) is 0 Å². The SMILES string of the molecule is CC(C)C[C@H](N)C(=O)N[C@@]1(C(=O)O)CS(=O)(=O)[C@H]2[C@H](C(=O)O)[C@H]21. The zero-order valence-electron chi connectivity index (χ0n) is 12.7. The number of hydrogen-bond acceptors (Lipinski definition) is 6. The fourth-order valence-electron chi connectivity index (χ4n) is 3.43. The molecular formula is C13H20N2O7S. The Morgan fingerprint density at radius 1 is 1.30 bits per heavy atom. The first kappa shape index (κ1) is 17.7. The Bertz CT molecular complexity index is 659. The normalized spacial score (nSPS) is 35.4. The van der Waals surface area contributed by atoms with E-state index < -0.39 is 62.1 Å². The van der Waals surface area contributed by atoms with Crippen LogP contribution in [0.3, 0.4) is 0 Å². The van der Waals surface area contributed by atoms with Crippen molar-refractivity contribution >= 4 is 27.7 Å². The van der Waals surface area contributed by atoms with Gasteiger partial charge in [0.25, 0.3) is 0 Å². The lowest BCUT2D eigenvalue weighted by molar-refractivity contribution is -0.148. The van der Waals surface area contributed by atoms with E-state index >= 15 is 0 Å². The quantitative estimate of drug-likeness (QED) is 0.447. The highest BCUT2D eigenvalue weighted by molar-refractivity contribution is 7.92. The van der Waals surface area contributed by atoms with Crippen molar-refractivity contribution in [3.8, 4) is 0 Å². The van der Waals surface area contributed by atoms with Crippen LogP contribution in [0.25, 0.3) is 0 Å². The summed E-state index contributed by atoms with van der Waals surface area (Å²) in [6.07, 6.45) is 0.296. The largest absolute Gasteiger partial charge is 0.481 e. The highest BCUT2D eigenvalue weighted by Crippen LogP contribution is 2.57. The van der Waals surface area contributed by atoms with Gasteiger partial charge < -0.3 is 21.3 Å². The second-order valence-corrected chi connectivity index (χ2v) is 8.82. The van der Waals surface area contributed by atoms with Crippen LogP contribution in [0.15, 0.2) is 0 Å².